The van der Waals surface area contributed by atoms with Crippen LogP contribution in [-0.2, 0) is 19.1 Å². The number of hydrogen-bond acceptors (Lipinski definition) is 8. The molecule has 3 aromatic carbocycles. The summed E-state index contributed by atoms with van der Waals surface area (Å²) in [4.78, 5) is 53.3. The highest BCUT2D eigenvalue weighted by atomic mass is 16.5. The fourth-order valence-electron chi connectivity index (χ4n) is 5.37. The maximum absolute atomic E-state index is 13.9. The predicted octanol–water partition coefficient (Wildman–Crippen LogP) is 3.81. The summed E-state index contributed by atoms with van der Waals surface area (Å²) in [5.41, 5.74) is -0.445. The summed E-state index contributed by atoms with van der Waals surface area (Å²) in [6, 6.07) is 19.6. The predicted molar refractivity (Wildman–Crippen MR) is 151 cm³/mol. The Morgan fingerprint density at radius 2 is 1.32 bits per heavy atom. The van der Waals surface area contributed by atoms with Crippen molar-refractivity contribution in [3.05, 3.63) is 83.9 Å². The number of Topliss-reactive ketones (excluding diaryl/α,β-unsaturated/α-hetero) is 1. The molecule has 0 heterocycles. The number of para-hydroxylation sites is 4. The van der Waals surface area contributed by atoms with Crippen LogP contribution in [0.2, 0.25) is 0 Å². The van der Waals surface area contributed by atoms with E-state index in [-0.39, 0.29) is 5.56 Å². The van der Waals surface area contributed by atoms with Crippen LogP contribution in [0.1, 0.15) is 35.2 Å². The molecule has 41 heavy (non-hydrogen) atoms. The molecule has 0 spiro atoms. The van der Waals surface area contributed by atoms with E-state index in [2.05, 4.69) is 10.6 Å². The third kappa shape index (κ3) is 6.07. The first-order chi connectivity index (χ1) is 19.6. The third-order valence-corrected chi connectivity index (χ3v) is 7.28. The van der Waals surface area contributed by atoms with Crippen molar-refractivity contribution in [3.63, 3.8) is 0 Å². The summed E-state index contributed by atoms with van der Waals surface area (Å²) < 4.78 is 15.5. The average molecular weight is 561 g/mol. The lowest BCUT2D eigenvalue weighted by molar-refractivity contribution is -0.150. The minimum atomic E-state index is -1.81. The first kappa shape index (κ1) is 29.3. The molecule has 0 aromatic heterocycles. The molecule has 10 nitrogen and oxygen atoms in total. The van der Waals surface area contributed by atoms with Gasteiger partial charge in [-0.05, 0) is 48.9 Å². The van der Waals surface area contributed by atoms with Crippen LogP contribution < -0.4 is 20.1 Å². The molecule has 3 N–H and O–H groups in total. The van der Waals surface area contributed by atoms with E-state index >= 15 is 0 Å². The SMILES string of the molecule is COC(=O)c1ccc(C2C(C(=O)Nc3ccccc3OC)C(=O)CC(C)(O)C2C(=O)Nc2ccccc2OC)cc1. The monoisotopic (exact) mass is 560 g/mol. The maximum Gasteiger partial charge on any atom is 0.337 e. The smallest absolute Gasteiger partial charge is 0.337 e. The Morgan fingerprint density at radius 3 is 1.83 bits per heavy atom. The molecule has 4 unspecified atom stereocenters. The number of carbonyl (C=O) groups excluding carboxylic acids is 4. The summed E-state index contributed by atoms with van der Waals surface area (Å²) in [6.07, 6.45) is -0.433. The normalized spacial score (nSPS) is 21.9. The molecule has 1 aliphatic carbocycles. The largest absolute Gasteiger partial charge is 0.495 e. The van der Waals surface area contributed by atoms with Crippen molar-refractivity contribution in [3.8, 4) is 11.5 Å². The number of ketones is 1. The van der Waals surface area contributed by atoms with E-state index < -0.39 is 53.3 Å². The molecular formula is C31H32N2O8. The number of methoxy groups -OCH3 is 3. The quantitative estimate of drug-likeness (QED) is 0.279. The van der Waals surface area contributed by atoms with Gasteiger partial charge < -0.3 is 30.0 Å². The number of rotatable bonds is 8. The highest BCUT2D eigenvalue weighted by Crippen LogP contribution is 2.47. The summed E-state index contributed by atoms with van der Waals surface area (Å²) in [5, 5.41) is 17.1. The van der Waals surface area contributed by atoms with E-state index in [9.17, 15) is 24.3 Å². The molecule has 10 heteroatoms. The Balaban J connectivity index is 1.80. The molecule has 214 valence electrons. The van der Waals surface area contributed by atoms with Crippen molar-refractivity contribution >= 4 is 34.9 Å². The van der Waals surface area contributed by atoms with Gasteiger partial charge in [0.05, 0.1) is 49.8 Å². The number of anilines is 2. The van der Waals surface area contributed by atoms with Gasteiger partial charge in [0, 0.05) is 12.3 Å². The molecule has 4 atom stereocenters. The van der Waals surface area contributed by atoms with E-state index in [1.54, 1.807) is 60.7 Å². The van der Waals surface area contributed by atoms with Crippen LogP contribution in [0, 0.1) is 11.8 Å². The van der Waals surface area contributed by atoms with Crippen molar-refractivity contribution < 1.29 is 38.5 Å². The summed E-state index contributed by atoms with van der Waals surface area (Å²) >= 11 is 0. The number of amides is 2. The molecule has 1 saturated carbocycles. The first-order valence-electron chi connectivity index (χ1n) is 12.9. The van der Waals surface area contributed by atoms with E-state index in [0.717, 1.165) is 0 Å². The lowest BCUT2D eigenvalue weighted by Gasteiger charge is -2.44. The van der Waals surface area contributed by atoms with Gasteiger partial charge in [0.1, 0.15) is 23.2 Å². The van der Waals surface area contributed by atoms with E-state index in [1.165, 1.54) is 40.4 Å². The van der Waals surface area contributed by atoms with Gasteiger partial charge in [-0.15, -0.1) is 0 Å². The standard InChI is InChI=1S/C31H32N2O8/c1-31(38)17-22(34)26(28(35)32-20-9-5-7-11-23(20)39-2)25(18-13-15-19(16-14-18)30(37)41-4)27(31)29(36)33-21-10-6-8-12-24(21)40-3/h5-16,25-27,38H,17H2,1-4H3,(H,32,35)(H,33,36). The molecular weight excluding hydrogens is 528 g/mol. The number of nitrogens with one attached hydrogen (secondary N) is 2. The van der Waals surface area contributed by atoms with Gasteiger partial charge in [-0.2, -0.15) is 0 Å². The Bertz CT molecular complexity index is 1450. The van der Waals surface area contributed by atoms with E-state index in [1.807, 2.05) is 0 Å². The van der Waals surface area contributed by atoms with Crippen LogP contribution in [0.4, 0.5) is 11.4 Å². The minimum Gasteiger partial charge on any atom is -0.495 e. The van der Waals surface area contributed by atoms with E-state index in [0.29, 0.717) is 28.4 Å². The average Bonchev–Trinajstić information content (AvgIpc) is 2.96. The zero-order chi connectivity index (χ0) is 29.7. The highest BCUT2D eigenvalue weighted by Gasteiger charge is 2.56. The molecule has 1 aliphatic rings. The van der Waals surface area contributed by atoms with Gasteiger partial charge in [0.15, 0.2) is 0 Å². The number of carbonyl (C=O) groups is 4. The first-order valence-corrected chi connectivity index (χ1v) is 12.9. The Labute approximate surface area is 237 Å². The fourth-order valence-corrected chi connectivity index (χ4v) is 5.37. The molecule has 3 aromatic rings. The van der Waals surface area contributed by atoms with Gasteiger partial charge in [-0.3, -0.25) is 14.4 Å². The van der Waals surface area contributed by atoms with Crippen molar-refractivity contribution in [2.24, 2.45) is 11.8 Å². The topological polar surface area (TPSA) is 140 Å². The highest BCUT2D eigenvalue weighted by molar-refractivity contribution is 6.11. The van der Waals surface area contributed by atoms with Crippen LogP contribution in [0.5, 0.6) is 11.5 Å². The molecule has 2 amide bonds. The fraction of sp³-hybridized carbons (Fsp3) is 0.290. The Morgan fingerprint density at radius 1 is 0.805 bits per heavy atom. The van der Waals surface area contributed by atoms with Gasteiger partial charge in [-0.25, -0.2) is 4.79 Å². The second-order valence-electron chi connectivity index (χ2n) is 9.97. The lowest BCUT2D eigenvalue weighted by Crippen LogP contribution is -2.56. The summed E-state index contributed by atoms with van der Waals surface area (Å²) in [6.45, 7) is 1.40. The Kier molecular flexibility index (Phi) is 8.73. The molecule has 0 bridgehead atoms. The van der Waals surface area contributed by atoms with Gasteiger partial charge in [0.25, 0.3) is 0 Å². The number of benzene rings is 3. The van der Waals surface area contributed by atoms with Crippen molar-refractivity contribution in [2.75, 3.05) is 32.0 Å². The second-order valence-corrected chi connectivity index (χ2v) is 9.97. The van der Waals surface area contributed by atoms with Crippen LogP contribution >= 0.6 is 0 Å². The number of aliphatic hydroxyl groups is 1. The van der Waals surface area contributed by atoms with Crippen molar-refractivity contribution in [1.29, 1.82) is 0 Å². The number of ether oxygens (including phenoxy) is 3. The molecule has 1 fully saturated rings. The molecule has 0 radical (unpaired) electrons. The number of esters is 1. The zero-order valence-electron chi connectivity index (χ0n) is 23.2. The maximum atomic E-state index is 13.9. The summed E-state index contributed by atoms with van der Waals surface area (Å²) in [5.74, 6) is -5.28. The van der Waals surface area contributed by atoms with Gasteiger partial charge in [0.2, 0.25) is 11.8 Å². The van der Waals surface area contributed by atoms with E-state index in [4.69, 9.17) is 14.2 Å². The van der Waals surface area contributed by atoms with Crippen LogP contribution in [0.15, 0.2) is 72.8 Å². The van der Waals surface area contributed by atoms with Crippen LogP contribution in [0.25, 0.3) is 0 Å². The van der Waals surface area contributed by atoms with Crippen LogP contribution in [-0.4, -0.2) is 55.6 Å². The summed E-state index contributed by atoms with van der Waals surface area (Å²) in [7, 11) is 4.17. The minimum absolute atomic E-state index is 0.246. The van der Waals surface area contributed by atoms with Gasteiger partial charge >= 0.3 is 5.97 Å². The number of hydrogen-bond donors (Lipinski definition) is 3. The lowest BCUT2D eigenvalue weighted by atomic mass is 9.61. The van der Waals surface area contributed by atoms with Crippen LogP contribution in [0.3, 0.4) is 0 Å². The van der Waals surface area contributed by atoms with Gasteiger partial charge in [-0.1, -0.05) is 36.4 Å². The zero-order valence-corrected chi connectivity index (χ0v) is 23.2. The molecule has 0 saturated heterocycles. The third-order valence-electron chi connectivity index (χ3n) is 7.28. The second kappa shape index (κ2) is 12.2. The molecule has 0 aliphatic heterocycles. The van der Waals surface area contributed by atoms with Crippen molar-refractivity contribution in [1.82, 2.24) is 0 Å². The van der Waals surface area contributed by atoms with Crippen molar-refractivity contribution in [2.45, 2.75) is 24.9 Å². The Hall–Kier alpha value is -4.70. The molecule has 4 rings (SSSR count).